The second-order valence-electron chi connectivity index (χ2n) is 15.2. The molecule has 0 radical (unpaired) electrons. The van der Waals surface area contributed by atoms with Crippen molar-refractivity contribution in [1.29, 1.82) is 0 Å². The summed E-state index contributed by atoms with van der Waals surface area (Å²) >= 11 is 0. The molecule has 0 N–H and O–H groups in total. The Morgan fingerprint density at radius 1 is 0.413 bits per heavy atom. The van der Waals surface area contributed by atoms with E-state index in [9.17, 15) is 79.2 Å². The number of halogens is 9. The number of rotatable bonds is 27. The molecule has 33 heteroatoms. The minimum Gasteiger partial charge on any atom is -0.492 e. The second kappa shape index (κ2) is 25.6. The lowest BCUT2D eigenvalue weighted by atomic mass is 10.1. The smallest absolute Gasteiger partial charge is 0.437 e. The van der Waals surface area contributed by atoms with Crippen molar-refractivity contribution >= 4 is 47.5 Å². The molecule has 1 aromatic heterocycles. The maximum Gasteiger partial charge on any atom is 0.437 e. The van der Waals surface area contributed by atoms with Gasteiger partial charge in [0.05, 0.1) is 36.9 Å². The fourth-order valence-corrected chi connectivity index (χ4v) is 8.38. The molecular formula is C42H45F9N6O15S3. The first-order valence-corrected chi connectivity index (χ1v) is 26.5. The van der Waals surface area contributed by atoms with Gasteiger partial charge in [-0.1, -0.05) is 36.2 Å². The Morgan fingerprint density at radius 3 is 0.813 bits per heavy atom. The Morgan fingerprint density at radius 2 is 0.627 bits per heavy atom. The maximum absolute atomic E-state index is 13.8. The zero-order valence-electron chi connectivity index (χ0n) is 39.3. The van der Waals surface area contributed by atoms with Gasteiger partial charge in [0, 0.05) is 16.7 Å². The number of hydrogen-bond acceptors (Lipinski definition) is 18. The van der Waals surface area contributed by atoms with Crippen LogP contribution < -0.4 is 31.3 Å². The van der Waals surface area contributed by atoms with E-state index < -0.39 is 156 Å². The van der Waals surface area contributed by atoms with E-state index in [0.717, 1.165) is 72.8 Å². The molecule has 414 valence electrons. The molecule has 4 aromatic rings. The summed E-state index contributed by atoms with van der Waals surface area (Å²) in [6, 6.07) is 11.2. The minimum atomic E-state index is -5.18. The van der Waals surface area contributed by atoms with Crippen LogP contribution in [0, 0.1) is 0 Å². The average Bonchev–Trinajstić information content (AvgIpc) is 3.30. The Labute approximate surface area is 420 Å². The quantitative estimate of drug-likeness (QED) is 0.0407. The SMILES string of the molecule is CCCS(=O)(=O)O/N=C(/c1ccc(OCCn2c(=O)n(CCOc3ccc(/C(=N/OS(=O)(=O)CCC)C(F)(F)F)cc3)c(=O)n(CCOc3ccc(/C(=N\OS(=O)(=O)CCC)C(F)(F)F)cc3)c2=O)cc1)C(F)(F)F. The number of hydrogen-bond donors (Lipinski definition) is 0. The van der Waals surface area contributed by atoms with Crippen molar-refractivity contribution in [3.63, 3.8) is 0 Å². The molecular weight excluding hydrogens is 1100 g/mol. The Hall–Kier alpha value is -6.90. The molecule has 0 atom stereocenters. The summed E-state index contributed by atoms with van der Waals surface area (Å²) < 4.78 is 226. The molecule has 0 unspecified atom stereocenters. The summed E-state index contributed by atoms with van der Waals surface area (Å²) in [4.78, 5) is 41.1. The predicted octanol–water partition coefficient (Wildman–Crippen LogP) is 5.48. The van der Waals surface area contributed by atoms with Gasteiger partial charge in [-0.15, -0.1) is 0 Å². The minimum absolute atomic E-state index is 0.0281. The molecule has 0 aliphatic heterocycles. The van der Waals surface area contributed by atoms with E-state index in [4.69, 9.17) is 14.2 Å². The van der Waals surface area contributed by atoms with E-state index in [-0.39, 0.29) is 36.5 Å². The normalized spacial score (nSPS) is 13.4. The molecule has 3 aromatic carbocycles. The molecule has 0 spiro atoms. The van der Waals surface area contributed by atoms with Gasteiger partial charge in [0.1, 0.15) is 37.1 Å². The van der Waals surface area contributed by atoms with Gasteiger partial charge >= 0.3 is 66.0 Å². The lowest BCUT2D eigenvalue weighted by Crippen LogP contribution is -2.55. The lowest BCUT2D eigenvalue weighted by Gasteiger charge is -2.16. The first-order valence-electron chi connectivity index (χ1n) is 21.8. The van der Waals surface area contributed by atoms with E-state index >= 15 is 0 Å². The number of aromatic nitrogens is 3. The van der Waals surface area contributed by atoms with Gasteiger partial charge in [-0.05, 0) is 92.1 Å². The lowest BCUT2D eigenvalue weighted by molar-refractivity contribution is -0.0606. The van der Waals surface area contributed by atoms with E-state index in [2.05, 4.69) is 28.3 Å². The third-order valence-electron chi connectivity index (χ3n) is 9.41. The molecule has 1 heterocycles. The van der Waals surface area contributed by atoms with E-state index in [1.165, 1.54) is 20.8 Å². The monoisotopic (exact) mass is 1140 g/mol. The number of nitrogens with zero attached hydrogens (tertiary/aromatic N) is 6. The third-order valence-corrected chi connectivity index (χ3v) is 13.0. The van der Waals surface area contributed by atoms with Gasteiger partial charge in [-0.25, -0.2) is 28.1 Å². The van der Waals surface area contributed by atoms with Crippen LogP contribution >= 0.6 is 0 Å². The van der Waals surface area contributed by atoms with Crippen LogP contribution in [0.15, 0.2) is 103 Å². The average molecular weight is 1140 g/mol. The van der Waals surface area contributed by atoms with Crippen molar-refractivity contribution in [3.05, 3.63) is 121 Å². The summed E-state index contributed by atoms with van der Waals surface area (Å²) in [6.07, 6.45) is -15.5. The van der Waals surface area contributed by atoms with E-state index in [1.54, 1.807) is 0 Å². The van der Waals surface area contributed by atoms with Gasteiger partial charge < -0.3 is 14.2 Å². The summed E-state index contributed by atoms with van der Waals surface area (Å²) in [5.74, 6) is -2.24. The van der Waals surface area contributed by atoms with Crippen LogP contribution in [-0.2, 0) is 62.8 Å². The topological polar surface area (TPSA) is 261 Å². The van der Waals surface area contributed by atoms with E-state index in [1.807, 2.05) is 0 Å². The maximum atomic E-state index is 13.8. The molecule has 4 rings (SSSR count). The molecule has 0 amide bonds. The van der Waals surface area contributed by atoms with Crippen LogP contribution in [0.4, 0.5) is 39.5 Å². The van der Waals surface area contributed by atoms with Crippen molar-refractivity contribution in [2.24, 2.45) is 15.5 Å². The van der Waals surface area contributed by atoms with Crippen molar-refractivity contribution in [2.75, 3.05) is 37.1 Å². The Balaban J connectivity index is 1.60. The van der Waals surface area contributed by atoms with Crippen LogP contribution in [0.1, 0.15) is 56.7 Å². The first kappa shape index (κ1) is 60.7. The zero-order valence-corrected chi connectivity index (χ0v) is 41.8. The molecule has 75 heavy (non-hydrogen) atoms. The number of benzene rings is 3. The van der Waals surface area contributed by atoms with Crippen molar-refractivity contribution in [2.45, 2.75) is 78.2 Å². The summed E-state index contributed by atoms with van der Waals surface area (Å²) in [5, 5.41) is 8.38. The Bertz CT molecular complexity index is 2840. The highest BCUT2D eigenvalue weighted by Crippen LogP contribution is 2.28. The highest BCUT2D eigenvalue weighted by molar-refractivity contribution is 7.87. The van der Waals surface area contributed by atoms with Crippen molar-refractivity contribution in [1.82, 2.24) is 13.7 Å². The van der Waals surface area contributed by atoms with Crippen molar-refractivity contribution in [3.8, 4) is 17.2 Å². The standard InChI is InChI=1S/C42H45F9N6O15S3/c1-4-25-73(61,62)70-52-34(40(43,44)45)28-7-13-31(14-8-28)67-22-19-55-37(58)56(20-23-68-32-15-9-29(10-16-32)35(41(46,47)48)53-71-74(63,64)26-5-2)39(60)57(38(55)59)21-24-69-33-17-11-30(12-18-33)36(42(49,50)51)54-72-75(65,66)27-6-3/h7-18H,4-6,19-27H2,1-3H3/b52-34-,53-35-,54-36+. The summed E-state index contributed by atoms with van der Waals surface area (Å²) in [6.45, 7) is 0.738. The van der Waals surface area contributed by atoms with Gasteiger partial charge in [0.25, 0.3) is 0 Å². The highest BCUT2D eigenvalue weighted by Gasteiger charge is 2.40. The Kier molecular flexibility index (Phi) is 20.7. The first-order chi connectivity index (χ1) is 34.9. The van der Waals surface area contributed by atoms with Crippen LogP contribution in [-0.4, -0.2) is 112 Å². The largest absolute Gasteiger partial charge is 0.492 e. The van der Waals surface area contributed by atoms with Crippen LogP contribution in [0.25, 0.3) is 0 Å². The van der Waals surface area contributed by atoms with Gasteiger partial charge in [-0.3, -0.25) is 12.9 Å². The van der Waals surface area contributed by atoms with Gasteiger partial charge in [-0.2, -0.15) is 64.8 Å². The van der Waals surface area contributed by atoms with Crippen molar-refractivity contribution < 1.29 is 91.8 Å². The highest BCUT2D eigenvalue weighted by atomic mass is 32.2. The molecule has 0 saturated carbocycles. The zero-order chi connectivity index (χ0) is 56.0. The fraction of sp³-hybridized carbons (Fsp3) is 0.429. The molecule has 0 fully saturated rings. The molecule has 0 aliphatic carbocycles. The number of oxime groups is 3. The number of alkyl halides is 9. The number of ether oxygens (including phenoxy) is 3. The van der Waals surface area contributed by atoms with Gasteiger partial charge in [0.2, 0.25) is 0 Å². The summed E-state index contributed by atoms with van der Waals surface area (Å²) in [7, 11) is -13.3. The van der Waals surface area contributed by atoms with Crippen LogP contribution in [0.3, 0.4) is 0 Å². The van der Waals surface area contributed by atoms with Crippen LogP contribution in [0.2, 0.25) is 0 Å². The van der Waals surface area contributed by atoms with E-state index in [0.29, 0.717) is 13.7 Å². The second-order valence-corrected chi connectivity index (χ2v) is 20.3. The fourth-order valence-electron chi connectivity index (χ4n) is 6.10. The summed E-state index contributed by atoms with van der Waals surface area (Å²) in [5.41, 5.74) is -10.8. The predicted molar refractivity (Wildman–Crippen MR) is 248 cm³/mol. The van der Waals surface area contributed by atoms with Crippen LogP contribution in [0.5, 0.6) is 17.2 Å². The molecule has 0 aliphatic rings. The molecule has 21 nitrogen and oxygen atoms in total. The third kappa shape index (κ3) is 18.2. The van der Waals surface area contributed by atoms with Gasteiger partial charge in [0.15, 0.2) is 17.1 Å². The molecule has 0 saturated heterocycles. The molecule has 0 bridgehead atoms.